The van der Waals surface area contributed by atoms with E-state index in [4.69, 9.17) is 0 Å². The first-order valence-electron chi connectivity index (χ1n) is 7.85. The van der Waals surface area contributed by atoms with E-state index in [1.54, 1.807) is 10.9 Å². The fourth-order valence-electron chi connectivity index (χ4n) is 3.42. The number of hydrogen-bond acceptors (Lipinski definition) is 5. The van der Waals surface area contributed by atoms with E-state index >= 15 is 0 Å². The molecule has 0 spiro atoms. The van der Waals surface area contributed by atoms with E-state index in [0.29, 0.717) is 6.04 Å². The predicted molar refractivity (Wildman–Crippen MR) is 86.4 cm³/mol. The number of aromatic nitrogens is 2. The minimum absolute atomic E-state index is 0. The lowest BCUT2D eigenvalue weighted by Gasteiger charge is -2.34. The molecule has 2 aliphatic heterocycles. The number of nitrogens with one attached hydrogen (secondary N) is 1. The van der Waals surface area contributed by atoms with Crippen LogP contribution in [0.25, 0.3) is 0 Å². The fourth-order valence-corrected chi connectivity index (χ4v) is 3.42. The SMILES string of the molecule is Cl.O=[N+]([O-])c1ccn(C2CCN(CC3CCNCC3)CC2)n1. The molecule has 0 aliphatic carbocycles. The monoisotopic (exact) mass is 329 g/mol. The highest BCUT2D eigenvalue weighted by molar-refractivity contribution is 5.85. The van der Waals surface area contributed by atoms with Crippen LogP contribution in [0.5, 0.6) is 0 Å². The lowest BCUT2D eigenvalue weighted by molar-refractivity contribution is -0.389. The molecular formula is C14H24ClN5O2. The molecule has 0 saturated carbocycles. The van der Waals surface area contributed by atoms with E-state index in [1.165, 1.54) is 25.5 Å². The number of hydrogen-bond donors (Lipinski definition) is 1. The van der Waals surface area contributed by atoms with Gasteiger partial charge in [0.05, 0.1) is 23.4 Å². The van der Waals surface area contributed by atoms with Crippen LogP contribution in [0.15, 0.2) is 12.3 Å². The molecule has 22 heavy (non-hydrogen) atoms. The summed E-state index contributed by atoms with van der Waals surface area (Å²) in [6.07, 6.45) is 6.37. The Morgan fingerprint density at radius 1 is 1.27 bits per heavy atom. The lowest BCUT2D eigenvalue weighted by atomic mass is 9.96. The number of likely N-dealkylation sites (tertiary alicyclic amines) is 1. The Balaban J connectivity index is 0.00000176. The molecule has 2 aliphatic rings. The second-order valence-electron chi connectivity index (χ2n) is 6.14. The molecule has 124 valence electrons. The summed E-state index contributed by atoms with van der Waals surface area (Å²) in [5.74, 6) is 0.778. The summed E-state index contributed by atoms with van der Waals surface area (Å²) in [5, 5.41) is 18.2. The van der Waals surface area contributed by atoms with E-state index in [1.807, 2.05) is 0 Å². The second-order valence-corrected chi connectivity index (χ2v) is 6.14. The van der Waals surface area contributed by atoms with E-state index < -0.39 is 4.92 Å². The van der Waals surface area contributed by atoms with Crippen LogP contribution < -0.4 is 5.32 Å². The Bertz CT molecular complexity index is 481. The molecule has 0 aromatic carbocycles. The van der Waals surface area contributed by atoms with Gasteiger partial charge < -0.3 is 20.3 Å². The number of nitrogens with zero attached hydrogens (tertiary/aromatic N) is 4. The summed E-state index contributed by atoms with van der Waals surface area (Å²) in [4.78, 5) is 12.8. The standard InChI is InChI=1S/C14H23N5O2.ClH/c20-19(21)14-5-10-18(16-14)13-3-8-17(9-4-13)11-12-1-6-15-7-2-12;/h5,10,12-13,15H,1-4,6-9,11H2;1H. The first kappa shape index (κ1) is 17.2. The number of piperidine rings is 2. The van der Waals surface area contributed by atoms with Crippen molar-refractivity contribution in [2.75, 3.05) is 32.7 Å². The zero-order valence-electron chi connectivity index (χ0n) is 12.7. The van der Waals surface area contributed by atoms with Gasteiger partial charge in [0.1, 0.15) is 0 Å². The van der Waals surface area contributed by atoms with Gasteiger partial charge in [-0.05, 0) is 49.6 Å². The molecule has 3 heterocycles. The Labute approximate surface area is 136 Å². The molecule has 2 fully saturated rings. The first-order chi connectivity index (χ1) is 10.2. The molecule has 3 rings (SSSR count). The van der Waals surface area contributed by atoms with E-state index in [0.717, 1.165) is 44.9 Å². The van der Waals surface area contributed by atoms with Gasteiger partial charge >= 0.3 is 5.82 Å². The van der Waals surface area contributed by atoms with E-state index in [-0.39, 0.29) is 18.2 Å². The predicted octanol–water partition coefficient (Wildman–Crippen LogP) is 1.85. The lowest BCUT2D eigenvalue weighted by Crippen LogP contribution is -2.40. The van der Waals surface area contributed by atoms with Crippen molar-refractivity contribution in [2.24, 2.45) is 5.92 Å². The van der Waals surface area contributed by atoms with Crippen LogP contribution in [0.2, 0.25) is 0 Å². The van der Waals surface area contributed by atoms with Gasteiger partial charge in [0.15, 0.2) is 0 Å². The molecule has 0 amide bonds. The highest BCUT2D eigenvalue weighted by Gasteiger charge is 2.26. The van der Waals surface area contributed by atoms with Crippen LogP contribution >= 0.6 is 12.4 Å². The summed E-state index contributed by atoms with van der Waals surface area (Å²) >= 11 is 0. The van der Waals surface area contributed by atoms with Crippen molar-refractivity contribution in [3.05, 3.63) is 22.4 Å². The molecule has 0 atom stereocenters. The summed E-state index contributed by atoms with van der Waals surface area (Å²) in [7, 11) is 0. The smallest absolute Gasteiger partial charge is 0.358 e. The average molecular weight is 330 g/mol. The zero-order valence-corrected chi connectivity index (χ0v) is 13.5. The van der Waals surface area contributed by atoms with Crippen molar-refractivity contribution in [2.45, 2.75) is 31.7 Å². The highest BCUT2D eigenvalue weighted by Crippen LogP contribution is 2.24. The number of nitro groups is 1. The molecule has 8 heteroatoms. The third kappa shape index (κ3) is 4.18. The molecule has 0 radical (unpaired) electrons. The average Bonchev–Trinajstić information content (AvgIpc) is 2.99. The van der Waals surface area contributed by atoms with Crippen molar-refractivity contribution in [1.82, 2.24) is 20.0 Å². The Kier molecular flexibility index (Phi) is 6.16. The summed E-state index contributed by atoms with van der Waals surface area (Å²) in [6.45, 7) is 5.65. The van der Waals surface area contributed by atoms with E-state index in [9.17, 15) is 10.1 Å². The first-order valence-corrected chi connectivity index (χ1v) is 7.85. The van der Waals surface area contributed by atoms with E-state index in [2.05, 4.69) is 15.3 Å². The number of rotatable bonds is 4. The van der Waals surface area contributed by atoms with Crippen LogP contribution in [0.3, 0.4) is 0 Å². The molecule has 1 N–H and O–H groups in total. The Morgan fingerprint density at radius 2 is 1.95 bits per heavy atom. The largest absolute Gasteiger partial charge is 0.389 e. The Hall–Kier alpha value is -1.18. The third-order valence-corrected chi connectivity index (χ3v) is 4.69. The van der Waals surface area contributed by atoms with Gasteiger partial charge in [-0.2, -0.15) is 4.68 Å². The molecule has 1 aromatic heterocycles. The maximum Gasteiger partial charge on any atom is 0.389 e. The maximum absolute atomic E-state index is 10.7. The van der Waals surface area contributed by atoms with Crippen molar-refractivity contribution in [3.8, 4) is 0 Å². The topological polar surface area (TPSA) is 76.2 Å². The molecule has 7 nitrogen and oxygen atoms in total. The molecule has 0 unspecified atom stereocenters. The van der Waals surface area contributed by atoms with Crippen LogP contribution in [0.4, 0.5) is 5.82 Å². The molecule has 0 bridgehead atoms. The second kappa shape index (κ2) is 7.89. The normalized spacial score (nSPS) is 21.5. The summed E-state index contributed by atoms with van der Waals surface area (Å²) in [5.41, 5.74) is 0. The molecule has 2 saturated heterocycles. The summed E-state index contributed by atoms with van der Waals surface area (Å²) < 4.78 is 1.78. The van der Waals surface area contributed by atoms with Gasteiger partial charge in [-0.3, -0.25) is 0 Å². The van der Waals surface area contributed by atoms with Gasteiger partial charge in [0, 0.05) is 19.6 Å². The zero-order chi connectivity index (χ0) is 14.7. The molecular weight excluding hydrogens is 306 g/mol. The van der Waals surface area contributed by atoms with Gasteiger partial charge in [-0.25, -0.2) is 0 Å². The minimum atomic E-state index is -0.428. The van der Waals surface area contributed by atoms with Crippen LogP contribution in [-0.4, -0.2) is 52.3 Å². The van der Waals surface area contributed by atoms with Crippen LogP contribution in [0.1, 0.15) is 31.7 Å². The fraction of sp³-hybridized carbons (Fsp3) is 0.786. The summed E-state index contributed by atoms with van der Waals surface area (Å²) in [6, 6.07) is 1.80. The van der Waals surface area contributed by atoms with Gasteiger partial charge in [0.25, 0.3) is 0 Å². The van der Waals surface area contributed by atoms with Gasteiger partial charge in [-0.1, -0.05) is 0 Å². The van der Waals surface area contributed by atoms with Crippen LogP contribution in [-0.2, 0) is 0 Å². The molecule has 1 aromatic rings. The van der Waals surface area contributed by atoms with Gasteiger partial charge in [0.2, 0.25) is 0 Å². The quantitative estimate of drug-likeness (QED) is 0.674. The maximum atomic E-state index is 10.7. The number of halogens is 1. The van der Waals surface area contributed by atoms with Crippen molar-refractivity contribution in [1.29, 1.82) is 0 Å². The van der Waals surface area contributed by atoms with Crippen molar-refractivity contribution < 1.29 is 4.92 Å². The van der Waals surface area contributed by atoms with Crippen molar-refractivity contribution in [3.63, 3.8) is 0 Å². The Morgan fingerprint density at radius 3 is 2.55 bits per heavy atom. The third-order valence-electron chi connectivity index (χ3n) is 4.69. The highest BCUT2D eigenvalue weighted by atomic mass is 35.5. The van der Waals surface area contributed by atoms with Crippen molar-refractivity contribution >= 4 is 18.2 Å². The van der Waals surface area contributed by atoms with Crippen LogP contribution in [0, 0.1) is 16.0 Å². The minimum Gasteiger partial charge on any atom is -0.358 e. The van der Waals surface area contributed by atoms with Gasteiger partial charge in [-0.15, -0.1) is 12.4 Å².